The SMILES string of the molecule is Cc1ccccc1NC(=O)N1CCN(C(c2ccccc2)c2ccc(Cl)cc2)CC1. The number of carbonyl (C=O) groups is 1. The molecule has 1 atom stereocenters. The van der Waals surface area contributed by atoms with Crippen molar-refractivity contribution in [1.29, 1.82) is 0 Å². The molecule has 4 nitrogen and oxygen atoms in total. The number of carbonyl (C=O) groups excluding carboxylic acids is 1. The molecule has 1 heterocycles. The fourth-order valence-electron chi connectivity index (χ4n) is 3.99. The Morgan fingerprint density at radius 1 is 0.833 bits per heavy atom. The molecule has 3 aromatic carbocycles. The van der Waals surface area contributed by atoms with Crippen LogP contribution in [-0.4, -0.2) is 42.0 Å². The van der Waals surface area contributed by atoms with Gasteiger partial charge >= 0.3 is 6.03 Å². The number of hydrogen-bond donors (Lipinski definition) is 1. The Hall–Kier alpha value is -2.82. The van der Waals surface area contributed by atoms with Crippen LogP contribution in [0.3, 0.4) is 0 Å². The van der Waals surface area contributed by atoms with Crippen molar-refractivity contribution in [2.45, 2.75) is 13.0 Å². The topological polar surface area (TPSA) is 35.6 Å². The predicted octanol–water partition coefficient (Wildman–Crippen LogP) is 5.59. The van der Waals surface area contributed by atoms with Crippen molar-refractivity contribution in [3.8, 4) is 0 Å². The van der Waals surface area contributed by atoms with Crippen molar-refractivity contribution < 1.29 is 4.79 Å². The molecule has 1 saturated heterocycles. The minimum Gasteiger partial charge on any atom is -0.322 e. The highest BCUT2D eigenvalue weighted by molar-refractivity contribution is 6.30. The lowest BCUT2D eigenvalue weighted by molar-refractivity contribution is 0.126. The first kappa shape index (κ1) is 20.5. The van der Waals surface area contributed by atoms with Crippen LogP contribution in [-0.2, 0) is 0 Å². The van der Waals surface area contributed by atoms with Gasteiger partial charge in [0.05, 0.1) is 6.04 Å². The Balaban J connectivity index is 1.47. The Morgan fingerprint density at radius 3 is 2.10 bits per heavy atom. The van der Waals surface area contributed by atoms with Gasteiger partial charge in [-0.25, -0.2) is 4.79 Å². The summed E-state index contributed by atoms with van der Waals surface area (Å²) in [5.41, 5.74) is 4.39. The molecule has 5 heteroatoms. The van der Waals surface area contributed by atoms with Gasteiger partial charge in [-0.05, 0) is 41.8 Å². The smallest absolute Gasteiger partial charge is 0.321 e. The molecule has 1 unspecified atom stereocenters. The van der Waals surface area contributed by atoms with Gasteiger partial charge in [0, 0.05) is 36.9 Å². The standard InChI is InChI=1S/C25H26ClN3O/c1-19-7-5-6-10-23(19)27-25(30)29-17-15-28(16-18-29)24(20-8-3-2-4-9-20)21-11-13-22(26)14-12-21/h2-14,24H,15-18H2,1H3,(H,27,30). The summed E-state index contributed by atoms with van der Waals surface area (Å²) in [6.45, 7) is 5.00. The van der Waals surface area contributed by atoms with Gasteiger partial charge < -0.3 is 10.2 Å². The zero-order valence-corrected chi connectivity index (χ0v) is 17.8. The first-order valence-corrected chi connectivity index (χ1v) is 10.7. The summed E-state index contributed by atoms with van der Waals surface area (Å²) in [7, 11) is 0. The fourth-order valence-corrected chi connectivity index (χ4v) is 4.11. The van der Waals surface area contributed by atoms with E-state index in [1.54, 1.807) is 0 Å². The van der Waals surface area contributed by atoms with E-state index in [0.717, 1.165) is 29.4 Å². The molecule has 0 aromatic heterocycles. The van der Waals surface area contributed by atoms with E-state index in [-0.39, 0.29) is 12.1 Å². The normalized spacial score (nSPS) is 15.6. The monoisotopic (exact) mass is 419 g/mol. The maximum atomic E-state index is 12.8. The summed E-state index contributed by atoms with van der Waals surface area (Å²) in [4.78, 5) is 17.1. The van der Waals surface area contributed by atoms with Crippen LogP contribution in [0.1, 0.15) is 22.7 Å². The molecule has 2 amide bonds. The van der Waals surface area contributed by atoms with E-state index < -0.39 is 0 Å². The molecule has 154 valence electrons. The third-order valence-electron chi connectivity index (χ3n) is 5.65. The first-order valence-electron chi connectivity index (χ1n) is 10.3. The lowest BCUT2D eigenvalue weighted by atomic mass is 9.96. The second-order valence-corrected chi connectivity index (χ2v) is 8.07. The molecular weight excluding hydrogens is 394 g/mol. The highest BCUT2D eigenvalue weighted by Gasteiger charge is 2.28. The van der Waals surface area contributed by atoms with Crippen LogP contribution in [0, 0.1) is 6.92 Å². The largest absolute Gasteiger partial charge is 0.322 e. The third-order valence-corrected chi connectivity index (χ3v) is 5.91. The Bertz CT molecular complexity index is 983. The molecule has 0 saturated carbocycles. The van der Waals surface area contributed by atoms with Crippen molar-refractivity contribution >= 4 is 23.3 Å². The number of halogens is 1. The van der Waals surface area contributed by atoms with E-state index in [1.165, 1.54) is 11.1 Å². The molecule has 1 aliphatic rings. The number of hydrogen-bond acceptors (Lipinski definition) is 2. The Labute approximate surface area is 183 Å². The predicted molar refractivity (Wildman–Crippen MR) is 123 cm³/mol. The van der Waals surface area contributed by atoms with Crippen LogP contribution in [0.4, 0.5) is 10.5 Å². The Morgan fingerprint density at radius 2 is 1.43 bits per heavy atom. The highest BCUT2D eigenvalue weighted by atomic mass is 35.5. The number of rotatable bonds is 4. The van der Waals surface area contributed by atoms with Gasteiger partial charge in [-0.2, -0.15) is 0 Å². The van der Waals surface area contributed by atoms with Crippen LogP contribution in [0.15, 0.2) is 78.9 Å². The van der Waals surface area contributed by atoms with E-state index in [9.17, 15) is 4.79 Å². The molecule has 1 N–H and O–H groups in total. The van der Waals surface area contributed by atoms with Crippen LogP contribution in [0.5, 0.6) is 0 Å². The van der Waals surface area contributed by atoms with Gasteiger partial charge in [-0.15, -0.1) is 0 Å². The molecular formula is C25H26ClN3O. The summed E-state index contributed by atoms with van der Waals surface area (Å²) in [6, 6.07) is 26.6. The third kappa shape index (κ3) is 4.66. The van der Waals surface area contributed by atoms with Crippen LogP contribution in [0.2, 0.25) is 5.02 Å². The van der Waals surface area contributed by atoms with Gasteiger partial charge in [0.25, 0.3) is 0 Å². The molecule has 1 fully saturated rings. The molecule has 0 bridgehead atoms. The second kappa shape index (κ2) is 9.33. The lowest BCUT2D eigenvalue weighted by Crippen LogP contribution is -2.51. The van der Waals surface area contributed by atoms with Gasteiger partial charge in [-0.3, -0.25) is 4.90 Å². The number of nitrogens with zero attached hydrogens (tertiary/aromatic N) is 2. The van der Waals surface area contributed by atoms with Crippen molar-refractivity contribution in [1.82, 2.24) is 9.80 Å². The second-order valence-electron chi connectivity index (χ2n) is 7.63. The Kier molecular flexibility index (Phi) is 6.36. The average molecular weight is 420 g/mol. The molecule has 4 rings (SSSR count). The zero-order valence-electron chi connectivity index (χ0n) is 17.1. The van der Waals surface area contributed by atoms with Crippen molar-refractivity contribution in [3.63, 3.8) is 0 Å². The number of para-hydroxylation sites is 1. The van der Waals surface area contributed by atoms with Crippen molar-refractivity contribution in [3.05, 3.63) is 101 Å². The summed E-state index contributed by atoms with van der Waals surface area (Å²) >= 11 is 6.11. The molecule has 1 aliphatic heterocycles. The number of amides is 2. The minimum absolute atomic E-state index is 0.0355. The number of urea groups is 1. The van der Waals surface area contributed by atoms with E-state index in [1.807, 2.05) is 54.3 Å². The number of aryl methyl sites for hydroxylation is 1. The number of piperazine rings is 1. The van der Waals surface area contributed by atoms with E-state index in [0.29, 0.717) is 13.1 Å². The van der Waals surface area contributed by atoms with Crippen LogP contribution in [0.25, 0.3) is 0 Å². The fraction of sp³-hybridized carbons (Fsp3) is 0.240. The van der Waals surface area contributed by atoms with E-state index >= 15 is 0 Å². The summed E-state index contributed by atoms with van der Waals surface area (Å²) in [5.74, 6) is 0. The number of benzene rings is 3. The van der Waals surface area contributed by atoms with Gasteiger partial charge in [0.15, 0.2) is 0 Å². The molecule has 30 heavy (non-hydrogen) atoms. The summed E-state index contributed by atoms with van der Waals surface area (Å²) < 4.78 is 0. The average Bonchev–Trinajstić information content (AvgIpc) is 2.78. The van der Waals surface area contributed by atoms with Crippen LogP contribution >= 0.6 is 11.6 Å². The maximum Gasteiger partial charge on any atom is 0.321 e. The summed E-state index contributed by atoms with van der Waals surface area (Å²) in [6.07, 6.45) is 0. The molecule has 3 aromatic rings. The number of nitrogens with one attached hydrogen (secondary N) is 1. The minimum atomic E-state index is -0.0355. The first-order chi connectivity index (χ1) is 14.6. The van der Waals surface area contributed by atoms with E-state index in [4.69, 9.17) is 11.6 Å². The van der Waals surface area contributed by atoms with E-state index in [2.05, 4.69) is 46.6 Å². The molecule has 0 aliphatic carbocycles. The van der Waals surface area contributed by atoms with Gasteiger partial charge in [0.2, 0.25) is 0 Å². The molecule has 0 spiro atoms. The number of anilines is 1. The zero-order chi connectivity index (χ0) is 20.9. The highest BCUT2D eigenvalue weighted by Crippen LogP contribution is 2.30. The maximum absolute atomic E-state index is 12.8. The van der Waals surface area contributed by atoms with Crippen LogP contribution < -0.4 is 5.32 Å². The van der Waals surface area contributed by atoms with Gasteiger partial charge in [0.1, 0.15) is 0 Å². The van der Waals surface area contributed by atoms with Gasteiger partial charge in [-0.1, -0.05) is 72.3 Å². The lowest BCUT2D eigenvalue weighted by Gasteiger charge is -2.39. The molecule has 0 radical (unpaired) electrons. The summed E-state index contributed by atoms with van der Waals surface area (Å²) in [5, 5.41) is 3.79. The van der Waals surface area contributed by atoms with Crippen molar-refractivity contribution in [2.24, 2.45) is 0 Å². The van der Waals surface area contributed by atoms with Crippen molar-refractivity contribution in [2.75, 3.05) is 31.5 Å². The quantitative estimate of drug-likeness (QED) is 0.598.